The molecule has 4 unspecified atom stereocenters. The lowest BCUT2D eigenvalue weighted by Crippen LogP contribution is -2.31. The number of nitrogens with one attached hydrogen (secondary N) is 1. The van der Waals surface area contributed by atoms with Gasteiger partial charge >= 0.3 is 0 Å². The molecule has 0 radical (unpaired) electrons. The van der Waals surface area contributed by atoms with E-state index >= 15 is 0 Å². The molecule has 3 aliphatic rings. The lowest BCUT2D eigenvalue weighted by atomic mass is 9.80. The van der Waals surface area contributed by atoms with Gasteiger partial charge in [0.2, 0.25) is 0 Å². The minimum absolute atomic E-state index is 0.503. The zero-order chi connectivity index (χ0) is 13.5. The largest absolute Gasteiger partial charge is 0.493 e. The van der Waals surface area contributed by atoms with Crippen molar-refractivity contribution in [3.05, 3.63) is 29.3 Å². The van der Waals surface area contributed by atoms with Crippen LogP contribution in [0.3, 0.4) is 0 Å². The highest BCUT2D eigenvalue weighted by atomic mass is 16.5. The molecule has 1 heterocycles. The van der Waals surface area contributed by atoms with Crippen LogP contribution in [0, 0.1) is 17.8 Å². The van der Waals surface area contributed by atoms with Gasteiger partial charge in [0.1, 0.15) is 5.75 Å². The van der Waals surface area contributed by atoms with Gasteiger partial charge in [-0.25, -0.2) is 0 Å². The Hall–Kier alpha value is -1.02. The second kappa shape index (κ2) is 5.07. The number of hydrogen-bond acceptors (Lipinski definition) is 2. The Labute approximate surface area is 121 Å². The van der Waals surface area contributed by atoms with Gasteiger partial charge in [0.05, 0.1) is 6.61 Å². The molecule has 1 aromatic carbocycles. The first-order valence-electron chi connectivity index (χ1n) is 8.34. The van der Waals surface area contributed by atoms with Crippen LogP contribution in [0.5, 0.6) is 5.75 Å². The fraction of sp³-hybridized carbons (Fsp3) is 0.667. The molecule has 2 aliphatic carbocycles. The summed E-state index contributed by atoms with van der Waals surface area (Å²) in [6.07, 6.45) is 6.91. The molecule has 1 N–H and O–H groups in total. The second-order valence-corrected chi connectivity index (χ2v) is 6.81. The van der Waals surface area contributed by atoms with E-state index in [-0.39, 0.29) is 0 Å². The Morgan fingerprint density at radius 2 is 2.25 bits per heavy atom. The molecule has 2 fully saturated rings. The Morgan fingerprint density at radius 3 is 3.00 bits per heavy atom. The van der Waals surface area contributed by atoms with Crippen molar-refractivity contribution in [2.75, 3.05) is 13.2 Å². The molecule has 108 valence electrons. The van der Waals surface area contributed by atoms with Crippen LogP contribution in [0.1, 0.15) is 49.8 Å². The van der Waals surface area contributed by atoms with Crippen molar-refractivity contribution in [1.29, 1.82) is 0 Å². The fourth-order valence-electron chi connectivity index (χ4n) is 4.90. The molecular formula is C18H25NO. The first-order chi connectivity index (χ1) is 9.86. The molecule has 2 bridgehead atoms. The molecule has 0 aromatic heterocycles. The van der Waals surface area contributed by atoms with E-state index in [4.69, 9.17) is 4.74 Å². The summed E-state index contributed by atoms with van der Waals surface area (Å²) in [6.45, 7) is 4.13. The average molecular weight is 271 g/mol. The summed E-state index contributed by atoms with van der Waals surface area (Å²) in [4.78, 5) is 0. The summed E-state index contributed by atoms with van der Waals surface area (Å²) < 4.78 is 5.96. The molecule has 4 atom stereocenters. The minimum Gasteiger partial charge on any atom is -0.493 e. The van der Waals surface area contributed by atoms with E-state index < -0.39 is 0 Å². The second-order valence-electron chi connectivity index (χ2n) is 6.81. The SMILES string of the molecule is CCNC(c1cccc2c1OCC2)C1CC2CCC1C2. The lowest BCUT2D eigenvalue weighted by molar-refractivity contribution is 0.247. The Bertz CT molecular complexity index is 498. The van der Waals surface area contributed by atoms with Crippen molar-refractivity contribution in [2.24, 2.45) is 17.8 Å². The predicted octanol–water partition coefficient (Wildman–Crippen LogP) is 3.71. The number of para-hydroxylation sites is 1. The Kier molecular flexibility index (Phi) is 3.22. The van der Waals surface area contributed by atoms with Gasteiger partial charge in [-0.15, -0.1) is 0 Å². The van der Waals surface area contributed by atoms with Gasteiger partial charge in [-0.05, 0) is 49.1 Å². The van der Waals surface area contributed by atoms with Gasteiger partial charge in [-0.3, -0.25) is 0 Å². The number of benzene rings is 1. The molecule has 0 spiro atoms. The molecule has 1 aliphatic heterocycles. The molecule has 0 saturated heterocycles. The highest BCUT2D eigenvalue weighted by Crippen LogP contribution is 2.53. The van der Waals surface area contributed by atoms with E-state index in [0.29, 0.717) is 6.04 Å². The molecule has 2 saturated carbocycles. The van der Waals surface area contributed by atoms with Crippen LogP contribution in [0.15, 0.2) is 18.2 Å². The van der Waals surface area contributed by atoms with Crippen LogP contribution < -0.4 is 10.1 Å². The van der Waals surface area contributed by atoms with Gasteiger partial charge in [0.25, 0.3) is 0 Å². The molecule has 0 amide bonds. The number of rotatable bonds is 4. The maximum Gasteiger partial charge on any atom is 0.127 e. The summed E-state index contributed by atoms with van der Waals surface area (Å²) in [5, 5.41) is 3.78. The summed E-state index contributed by atoms with van der Waals surface area (Å²) in [7, 11) is 0. The van der Waals surface area contributed by atoms with E-state index in [2.05, 4.69) is 30.4 Å². The topological polar surface area (TPSA) is 21.3 Å². The van der Waals surface area contributed by atoms with Crippen LogP contribution >= 0.6 is 0 Å². The smallest absolute Gasteiger partial charge is 0.127 e. The third-order valence-electron chi connectivity index (χ3n) is 5.72. The van der Waals surface area contributed by atoms with Crippen LogP contribution in [0.4, 0.5) is 0 Å². The normalized spacial score (nSPS) is 32.1. The summed E-state index contributed by atoms with van der Waals surface area (Å²) in [5.74, 6) is 3.97. The predicted molar refractivity (Wildman–Crippen MR) is 81.0 cm³/mol. The van der Waals surface area contributed by atoms with Gasteiger partial charge < -0.3 is 10.1 Å². The molecular weight excluding hydrogens is 246 g/mol. The highest BCUT2D eigenvalue weighted by Gasteiger charge is 2.44. The summed E-state index contributed by atoms with van der Waals surface area (Å²) >= 11 is 0. The molecule has 20 heavy (non-hydrogen) atoms. The van der Waals surface area contributed by atoms with Gasteiger partial charge in [-0.2, -0.15) is 0 Å². The van der Waals surface area contributed by atoms with E-state index in [9.17, 15) is 0 Å². The Balaban J connectivity index is 1.67. The van der Waals surface area contributed by atoms with Crippen molar-refractivity contribution in [3.63, 3.8) is 0 Å². The van der Waals surface area contributed by atoms with Crippen LogP contribution in [0.2, 0.25) is 0 Å². The van der Waals surface area contributed by atoms with Crippen molar-refractivity contribution < 1.29 is 4.74 Å². The fourth-order valence-corrected chi connectivity index (χ4v) is 4.90. The zero-order valence-electron chi connectivity index (χ0n) is 12.4. The molecule has 2 heteroatoms. The average Bonchev–Trinajstić information content (AvgIpc) is 3.19. The van der Waals surface area contributed by atoms with E-state index in [1.54, 1.807) is 0 Å². The summed E-state index contributed by atoms with van der Waals surface area (Å²) in [6, 6.07) is 7.25. The first-order valence-corrected chi connectivity index (χ1v) is 8.34. The van der Waals surface area contributed by atoms with Crippen LogP contribution in [0.25, 0.3) is 0 Å². The number of hydrogen-bond donors (Lipinski definition) is 1. The lowest BCUT2D eigenvalue weighted by Gasteiger charge is -2.32. The quantitative estimate of drug-likeness (QED) is 0.901. The van der Waals surface area contributed by atoms with E-state index in [1.807, 2.05) is 0 Å². The van der Waals surface area contributed by atoms with Gasteiger partial charge in [-0.1, -0.05) is 31.5 Å². The van der Waals surface area contributed by atoms with Crippen LogP contribution in [-0.4, -0.2) is 13.2 Å². The molecule has 4 rings (SSSR count). The zero-order valence-corrected chi connectivity index (χ0v) is 12.4. The van der Waals surface area contributed by atoms with Crippen molar-refractivity contribution >= 4 is 0 Å². The summed E-state index contributed by atoms with van der Waals surface area (Å²) in [5.41, 5.74) is 2.84. The van der Waals surface area contributed by atoms with Gasteiger partial charge in [0.15, 0.2) is 0 Å². The van der Waals surface area contributed by atoms with E-state index in [1.165, 1.54) is 42.6 Å². The van der Waals surface area contributed by atoms with Crippen molar-refractivity contribution in [1.82, 2.24) is 5.32 Å². The molecule has 1 aromatic rings. The highest BCUT2D eigenvalue weighted by molar-refractivity contribution is 5.46. The third kappa shape index (κ3) is 1.96. The monoisotopic (exact) mass is 271 g/mol. The van der Waals surface area contributed by atoms with Crippen LogP contribution in [-0.2, 0) is 6.42 Å². The first kappa shape index (κ1) is 12.7. The van der Waals surface area contributed by atoms with Crippen molar-refractivity contribution in [2.45, 2.75) is 45.1 Å². The Morgan fingerprint density at radius 1 is 1.30 bits per heavy atom. The minimum atomic E-state index is 0.503. The van der Waals surface area contributed by atoms with Crippen molar-refractivity contribution in [3.8, 4) is 5.75 Å². The molecule has 2 nitrogen and oxygen atoms in total. The standard InChI is InChI=1S/C18H25NO/c1-2-19-17(16-11-12-6-7-14(16)10-12)15-5-3-4-13-8-9-20-18(13)15/h3-5,12,14,16-17,19H,2,6-11H2,1H3. The maximum atomic E-state index is 5.96. The van der Waals surface area contributed by atoms with Gasteiger partial charge in [0, 0.05) is 18.0 Å². The number of ether oxygens (including phenoxy) is 1. The number of fused-ring (bicyclic) bond motifs is 3. The maximum absolute atomic E-state index is 5.96. The van der Waals surface area contributed by atoms with E-state index in [0.717, 1.165) is 37.3 Å². The third-order valence-corrected chi connectivity index (χ3v) is 5.72.